The summed E-state index contributed by atoms with van der Waals surface area (Å²) >= 11 is 0. The Balaban J connectivity index is 2.17. The van der Waals surface area contributed by atoms with Crippen LogP contribution in [0, 0.1) is 11.3 Å². The summed E-state index contributed by atoms with van der Waals surface area (Å²) in [6.07, 6.45) is 5.07. The van der Waals surface area contributed by atoms with Crippen molar-refractivity contribution >= 4 is 0 Å². The SMILES string of the molecule is CCOc1cnn(Cc2cccnc2C#N)c1. The Morgan fingerprint density at radius 2 is 2.41 bits per heavy atom. The molecule has 5 heteroatoms. The van der Waals surface area contributed by atoms with Crippen LogP contribution in [0.5, 0.6) is 5.75 Å². The first-order chi connectivity index (χ1) is 8.33. The Morgan fingerprint density at radius 3 is 3.18 bits per heavy atom. The van der Waals surface area contributed by atoms with Gasteiger partial charge >= 0.3 is 0 Å². The highest BCUT2D eigenvalue weighted by atomic mass is 16.5. The topological polar surface area (TPSA) is 63.7 Å². The van der Waals surface area contributed by atoms with Crippen molar-refractivity contribution in [2.24, 2.45) is 0 Å². The van der Waals surface area contributed by atoms with E-state index in [1.165, 1.54) is 0 Å². The Kier molecular flexibility index (Phi) is 3.36. The van der Waals surface area contributed by atoms with E-state index in [0.29, 0.717) is 18.8 Å². The molecule has 0 aliphatic rings. The molecule has 2 heterocycles. The van der Waals surface area contributed by atoms with Crippen LogP contribution in [0.3, 0.4) is 0 Å². The highest BCUT2D eigenvalue weighted by Crippen LogP contribution is 2.11. The summed E-state index contributed by atoms with van der Waals surface area (Å²) in [4.78, 5) is 4.00. The molecule has 0 saturated heterocycles. The lowest BCUT2D eigenvalue weighted by Crippen LogP contribution is -2.03. The molecule has 17 heavy (non-hydrogen) atoms. The fraction of sp³-hybridized carbons (Fsp3) is 0.250. The average Bonchev–Trinajstić information content (AvgIpc) is 2.78. The molecule has 0 fully saturated rings. The van der Waals surface area contributed by atoms with Gasteiger partial charge in [0.05, 0.1) is 25.5 Å². The third kappa shape index (κ3) is 2.61. The number of hydrogen-bond donors (Lipinski definition) is 0. The van der Waals surface area contributed by atoms with Crippen LogP contribution in [-0.2, 0) is 6.54 Å². The summed E-state index contributed by atoms with van der Waals surface area (Å²) in [7, 11) is 0. The molecule has 0 aromatic carbocycles. The maximum Gasteiger partial charge on any atom is 0.157 e. The first kappa shape index (κ1) is 11.1. The molecule has 0 atom stereocenters. The zero-order chi connectivity index (χ0) is 12.1. The van der Waals surface area contributed by atoms with Crippen LogP contribution in [-0.4, -0.2) is 21.4 Å². The zero-order valence-corrected chi connectivity index (χ0v) is 9.50. The third-order valence-electron chi connectivity index (χ3n) is 2.25. The lowest BCUT2D eigenvalue weighted by molar-refractivity contribution is 0.340. The van der Waals surface area contributed by atoms with Gasteiger partial charge in [-0.3, -0.25) is 4.68 Å². The van der Waals surface area contributed by atoms with Gasteiger partial charge in [-0.2, -0.15) is 10.4 Å². The Morgan fingerprint density at radius 1 is 1.53 bits per heavy atom. The molecule has 0 spiro atoms. The first-order valence-corrected chi connectivity index (χ1v) is 5.32. The Hall–Kier alpha value is -2.35. The van der Waals surface area contributed by atoms with E-state index < -0.39 is 0 Å². The molecule has 5 nitrogen and oxygen atoms in total. The minimum Gasteiger partial charge on any atom is -0.491 e. The molecule has 0 aliphatic heterocycles. The molecule has 2 rings (SSSR count). The second kappa shape index (κ2) is 5.12. The van der Waals surface area contributed by atoms with Gasteiger partial charge in [0.1, 0.15) is 11.8 Å². The number of rotatable bonds is 4. The van der Waals surface area contributed by atoms with Crippen molar-refractivity contribution in [3.8, 4) is 11.8 Å². The van der Waals surface area contributed by atoms with E-state index in [1.807, 2.05) is 19.1 Å². The van der Waals surface area contributed by atoms with Crippen LogP contribution < -0.4 is 4.74 Å². The van der Waals surface area contributed by atoms with Gasteiger partial charge in [0.15, 0.2) is 5.75 Å². The van der Waals surface area contributed by atoms with Crippen molar-refractivity contribution in [3.63, 3.8) is 0 Å². The summed E-state index contributed by atoms with van der Waals surface area (Å²) in [6.45, 7) is 3.05. The molecule has 2 aromatic heterocycles. The highest BCUT2D eigenvalue weighted by Gasteiger charge is 2.04. The molecule has 86 valence electrons. The molecule has 0 bridgehead atoms. The van der Waals surface area contributed by atoms with E-state index in [4.69, 9.17) is 10.00 Å². The summed E-state index contributed by atoms with van der Waals surface area (Å²) in [5, 5.41) is 13.1. The normalized spacial score (nSPS) is 9.88. The van der Waals surface area contributed by atoms with Gasteiger partial charge < -0.3 is 4.74 Å². The molecule has 0 aliphatic carbocycles. The number of nitriles is 1. The van der Waals surface area contributed by atoms with E-state index in [0.717, 1.165) is 11.3 Å². The van der Waals surface area contributed by atoms with Crippen LogP contribution >= 0.6 is 0 Å². The maximum atomic E-state index is 8.92. The predicted octanol–water partition coefficient (Wildman–Crippen LogP) is 1.60. The fourth-order valence-corrected chi connectivity index (χ4v) is 1.51. The van der Waals surface area contributed by atoms with E-state index in [2.05, 4.69) is 16.2 Å². The number of ether oxygens (including phenoxy) is 1. The molecule has 0 radical (unpaired) electrons. The van der Waals surface area contributed by atoms with Crippen molar-refractivity contribution in [1.82, 2.24) is 14.8 Å². The molecular weight excluding hydrogens is 216 g/mol. The van der Waals surface area contributed by atoms with Gasteiger partial charge in [0.25, 0.3) is 0 Å². The zero-order valence-electron chi connectivity index (χ0n) is 9.50. The fourth-order valence-electron chi connectivity index (χ4n) is 1.51. The minimum atomic E-state index is 0.431. The molecule has 2 aromatic rings. The number of nitrogens with zero attached hydrogens (tertiary/aromatic N) is 4. The van der Waals surface area contributed by atoms with Gasteiger partial charge in [0.2, 0.25) is 0 Å². The third-order valence-corrected chi connectivity index (χ3v) is 2.25. The summed E-state index contributed by atoms with van der Waals surface area (Å²) in [5.74, 6) is 0.731. The van der Waals surface area contributed by atoms with Crippen molar-refractivity contribution in [2.75, 3.05) is 6.61 Å². The number of pyridine rings is 1. The maximum absolute atomic E-state index is 8.92. The predicted molar refractivity (Wildman–Crippen MR) is 61.5 cm³/mol. The average molecular weight is 228 g/mol. The second-order valence-corrected chi connectivity index (χ2v) is 3.43. The van der Waals surface area contributed by atoms with Gasteiger partial charge in [-0.25, -0.2) is 4.98 Å². The van der Waals surface area contributed by atoms with E-state index in [9.17, 15) is 0 Å². The quantitative estimate of drug-likeness (QED) is 0.797. The standard InChI is InChI=1S/C12H12N4O/c1-2-17-11-7-15-16(9-11)8-10-4-3-5-14-12(10)6-13/h3-5,7,9H,2,8H2,1H3. The van der Waals surface area contributed by atoms with Crippen molar-refractivity contribution in [1.29, 1.82) is 5.26 Å². The molecule has 0 N–H and O–H groups in total. The minimum absolute atomic E-state index is 0.431. The molecule has 0 unspecified atom stereocenters. The smallest absolute Gasteiger partial charge is 0.157 e. The molecular formula is C12H12N4O. The van der Waals surface area contributed by atoms with Gasteiger partial charge in [-0.1, -0.05) is 6.07 Å². The van der Waals surface area contributed by atoms with Gasteiger partial charge in [0, 0.05) is 11.8 Å². The molecule has 0 saturated carbocycles. The van der Waals surface area contributed by atoms with E-state index in [1.54, 1.807) is 23.3 Å². The van der Waals surface area contributed by atoms with Gasteiger partial charge in [-0.15, -0.1) is 0 Å². The summed E-state index contributed by atoms with van der Waals surface area (Å²) < 4.78 is 7.04. The van der Waals surface area contributed by atoms with Crippen molar-refractivity contribution in [3.05, 3.63) is 42.0 Å². The van der Waals surface area contributed by atoms with Crippen molar-refractivity contribution in [2.45, 2.75) is 13.5 Å². The molecule has 0 amide bonds. The Bertz CT molecular complexity index is 541. The monoisotopic (exact) mass is 228 g/mol. The van der Waals surface area contributed by atoms with Crippen LogP contribution in [0.4, 0.5) is 0 Å². The Labute approximate surface area is 99.3 Å². The van der Waals surface area contributed by atoms with Crippen LogP contribution in [0.2, 0.25) is 0 Å². The first-order valence-electron chi connectivity index (χ1n) is 5.32. The number of aromatic nitrogens is 3. The van der Waals surface area contributed by atoms with Crippen LogP contribution in [0.1, 0.15) is 18.2 Å². The summed E-state index contributed by atoms with van der Waals surface area (Å²) in [6, 6.07) is 5.74. The second-order valence-electron chi connectivity index (χ2n) is 3.43. The highest BCUT2D eigenvalue weighted by molar-refractivity contribution is 5.30. The van der Waals surface area contributed by atoms with E-state index in [-0.39, 0.29) is 0 Å². The van der Waals surface area contributed by atoms with Crippen LogP contribution in [0.15, 0.2) is 30.7 Å². The largest absolute Gasteiger partial charge is 0.491 e. The lowest BCUT2D eigenvalue weighted by atomic mass is 10.2. The number of hydrogen-bond acceptors (Lipinski definition) is 4. The van der Waals surface area contributed by atoms with Crippen molar-refractivity contribution < 1.29 is 4.74 Å². The lowest BCUT2D eigenvalue weighted by Gasteiger charge is -2.02. The van der Waals surface area contributed by atoms with Gasteiger partial charge in [-0.05, 0) is 13.0 Å². The van der Waals surface area contributed by atoms with E-state index >= 15 is 0 Å². The summed E-state index contributed by atoms with van der Waals surface area (Å²) in [5.41, 5.74) is 1.28. The van der Waals surface area contributed by atoms with Crippen LogP contribution in [0.25, 0.3) is 0 Å².